The van der Waals surface area contributed by atoms with E-state index in [1.807, 2.05) is 31.2 Å². The average Bonchev–Trinajstić information content (AvgIpc) is 3.35. The first kappa shape index (κ1) is 19.5. The molecular weight excluding hydrogens is 417 g/mol. The molecule has 1 N–H and O–H groups in total. The van der Waals surface area contributed by atoms with Crippen molar-refractivity contribution in [1.29, 1.82) is 0 Å². The highest BCUT2D eigenvalue weighted by Crippen LogP contribution is 2.33. The number of nitrogens with one attached hydrogen (secondary N) is 1. The van der Waals surface area contributed by atoms with Crippen LogP contribution < -0.4 is 10.9 Å². The minimum absolute atomic E-state index is 0.0491. The molecule has 5 rings (SSSR count). The molecule has 9 heteroatoms. The maximum Gasteiger partial charge on any atom is 0.265 e. The topological polar surface area (TPSA) is 81.8 Å². The number of hydrogen-bond donors (Lipinski definition) is 1. The highest BCUT2D eigenvalue weighted by atomic mass is 32.2. The Morgan fingerprint density at radius 2 is 2.10 bits per heavy atom. The summed E-state index contributed by atoms with van der Waals surface area (Å²) in [7, 11) is 0. The molecule has 31 heavy (non-hydrogen) atoms. The number of nitrogens with zero attached hydrogens (tertiary/aromatic N) is 4. The lowest BCUT2D eigenvalue weighted by molar-refractivity contribution is -0.116. The summed E-state index contributed by atoms with van der Waals surface area (Å²) in [5.74, 6) is -0.315. The Morgan fingerprint density at radius 1 is 1.26 bits per heavy atom. The molecule has 4 aromatic rings. The van der Waals surface area contributed by atoms with Crippen molar-refractivity contribution in [3.05, 3.63) is 76.5 Å². The standard InChI is InChI=1S/C22H18FN5O2S/c1-13-5-4-6-14(9-13)28-20-16(11-24-28)21(30)27-15(12-31-22(27)26-20)10-19(29)25-18-8-3-2-7-17(18)23/h2-9,11,15H,10,12H2,1H3,(H,25,29). The summed E-state index contributed by atoms with van der Waals surface area (Å²) in [5, 5.41) is 7.90. The van der Waals surface area contributed by atoms with Gasteiger partial charge < -0.3 is 5.32 Å². The average molecular weight is 435 g/mol. The fourth-order valence-corrected chi connectivity index (χ4v) is 4.84. The Morgan fingerprint density at radius 3 is 2.90 bits per heavy atom. The molecule has 1 aliphatic heterocycles. The number of aromatic nitrogens is 4. The van der Waals surface area contributed by atoms with Crippen LogP contribution in [0.15, 0.2) is 64.7 Å². The SMILES string of the molecule is Cc1cccc(-n2ncc3c(=O)n4c(nc32)SCC4CC(=O)Nc2ccccc2F)c1. The molecule has 0 radical (unpaired) electrons. The zero-order chi connectivity index (χ0) is 21.5. The molecule has 1 aliphatic rings. The molecule has 2 aromatic carbocycles. The summed E-state index contributed by atoms with van der Waals surface area (Å²) in [4.78, 5) is 30.4. The third kappa shape index (κ3) is 3.50. The molecule has 0 saturated carbocycles. The van der Waals surface area contributed by atoms with E-state index in [4.69, 9.17) is 0 Å². The van der Waals surface area contributed by atoms with Crippen LogP contribution in [0.4, 0.5) is 10.1 Å². The largest absolute Gasteiger partial charge is 0.324 e. The molecule has 2 aromatic heterocycles. The second-order valence-corrected chi connectivity index (χ2v) is 8.39. The zero-order valence-electron chi connectivity index (χ0n) is 16.6. The first-order valence-electron chi connectivity index (χ1n) is 9.76. The molecule has 156 valence electrons. The van der Waals surface area contributed by atoms with Gasteiger partial charge in [0.25, 0.3) is 5.56 Å². The molecule has 1 atom stereocenters. The third-order valence-corrected chi connectivity index (χ3v) is 6.28. The van der Waals surface area contributed by atoms with E-state index >= 15 is 0 Å². The number of anilines is 1. The van der Waals surface area contributed by atoms with Gasteiger partial charge in [0.2, 0.25) is 5.91 Å². The number of aryl methyl sites for hydroxylation is 1. The maximum absolute atomic E-state index is 13.8. The molecule has 1 amide bonds. The number of carbonyl (C=O) groups excluding carboxylic acids is 1. The van der Waals surface area contributed by atoms with Gasteiger partial charge in [0.05, 0.1) is 23.6 Å². The first-order valence-corrected chi connectivity index (χ1v) is 10.7. The number of rotatable bonds is 4. The van der Waals surface area contributed by atoms with Crippen molar-refractivity contribution in [2.24, 2.45) is 0 Å². The minimum atomic E-state index is -0.499. The number of fused-ring (bicyclic) bond motifs is 2. The normalized spacial score (nSPS) is 15.2. The van der Waals surface area contributed by atoms with E-state index in [-0.39, 0.29) is 29.6 Å². The molecule has 0 saturated heterocycles. The van der Waals surface area contributed by atoms with Gasteiger partial charge in [0, 0.05) is 12.2 Å². The number of carbonyl (C=O) groups is 1. The van der Waals surface area contributed by atoms with Gasteiger partial charge in [-0.3, -0.25) is 14.2 Å². The molecule has 0 aliphatic carbocycles. The number of thioether (sulfide) groups is 1. The Kier molecular flexibility index (Phi) is 4.82. The fourth-order valence-electron chi connectivity index (χ4n) is 3.71. The summed E-state index contributed by atoms with van der Waals surface area (Å²) in [6, 6.07) is 13.4. The number of amides is 1. The van der Waals surface area contributed by atoms with E-state index in [1.54, 1.807) is 21.4 Å². The molecule has 0 fully saturated rings. The van der Waals surface area contributed by atoms with Gasteiger partial charge in [-0.05, 0) is 36.8 Å². The highest BCUT2D eigenvalue weighted by molar-refractivity contribution is 7.99. The van der Waals surface area contributed by atoms with Crippen LogP contribution in [0.2, 0.25) is 0 Å². The van der Waals surface area contributed by atoms with Gasteiger partial charge in [-0.1, -0.05) is 36.0 Å². The quantitative estimate of drug-likeness (QED) is 0.494. The summed E-state index contributed by atoms with van der Waals surface area (Å²) in [6.07, 6.45) is 1.56. The van der Waals surface area contributed by atoms with Gasteiger partial charge in [0.15, 0.2) is 10.8 Å². The van der Waals surface area contributed by atoms with Crippen molar-refractivity contribution in [2.75, 3.05) is 11.1 Å². The monoisotopic (exact) mass is 435 g/mol. The van der Waals surface area contributed by atoms with Gasteiger partial charge in [-0.25, -0.2) is 14.1 Å². The predicted molar refractivity (Wildman–Crippen MR) is 117 cm³/mol. The second-order valence-electron chi connectivity index (χ2n) is 7.40. The van der Waals surface area contributed by atoms with Gasteiger partial charge >= 0.3 is 0 Å². The van der Waals surface area contributed by atoms with Gasteiger partial charge in [-0.2, -0.15) is 5.10 Å². The van der Waals surface area contributed by atoms with E-state index in [0.29, 0.717) is 21.9 Å². The van der Waals surface area contributed by atoms with E-state index in [1.165, 1.54) is 30.1 Å². The van der Waals surface area contributed by atoms with Crippen LogP contribution in [-0.4, -0.2) is 31.0 Å². The summed E-state index contributed by atoms with van der Waals surface area (Å²) in [6.45, 7) is 1.99. The maximum atomic E-state index is 13.8. The number of para-hydroxylation sites is 1. The lowest BCUT2D eigenvalue weighted by Crippen LogP contribution is -2.28. The van der Waals surface area contributed by atoms with Crippen molar-refractivity contribution in [3.63, 3.8) is 0 Å². The van der Waals surface area contributed by atoms with Crippen LogP contribution in [0.1, 0.15) is 18.0 Å². The number of halogens is 1. The summed E-state index contributed by atoms with van der Waals surface area (Å²) >= 11 is 1.42. The summed E-state index contributed by atoms with van der Waals surface area (Å²) in [5.41, 5.74) is 2.29. The Balaban J connectivity index is 1.46. The van der Waals surface area contributed by atoms with Crippen molar-refractivity contribution >= 4 is 34.4 Å². The number of benzene rings is 2. The van der Waals surface area contributed by atoms with Crippen molar-refractivity contribution in [3.8, 4) is 5.69 Å². The molecule has 0 bridgehead atoms. The van der Waals surface area contributed by atoms with Crippen LogP contribution in [0.25, 0.3) is 16.7 Å². The van der Waals surface area contributed by atoms with Crippen molar-refractivity contribution in [2.45, 2.75) is 24.5 Å². The van der Waals surface area contributed by atoms with E-state index < -0.39 is 5.82 Å². The lowest BCUT2D eigenvalue weighted by atomic mass is 10.2. The molecular formula is C22H18FN5O2S. The lowest BCUT2D eigenvalue weighted by Gasteiger charge is -2.14. The highest BCUT2D eigenvalue weighted by Gasteiger charge is 2.29. The van der Waals surface area contributed by atoms with Crippen LogP contribution in [-0.2, 0) is 4.79 Å². The van der Waals surface area contributed by atoms with Crippen LogP contribution in [0.3, 0.4) is 0 Å². The van der Waals surface area contributed by atoms with Crippen LogP contribution in [0, 0.1) is 12.7 Å². The minimum Gasteiger partial charge on any atom is -0.324 e. The Hall–Kier alpha value is -3.46. The first-order chi connectivity index (χ1) is 15.0. The van der Waals surface area contributed by atoms with Crippen LogP contribution >= 0.6 is 11.8 Å². The van der Waals surface area contributed by atoms with Gasteiger partial charge in [-0.15, -0.1) is 0 Å². The van der Waals surface area contributed by atoms with Crippen molar-refractivity contribution < 1.29 is 9.18 Å². The molecule has 3 heterocycles. The molecule has 1 unspecified atom stereocenters. The fraction of sp³-hybridized carbons (Fsp3) is 0.182. The van der Waals surface area contributed by atoms with Crippen LogP contribution in [0.5, 0.6) is 0 Å². The Labute approximate surface area is 180 Å². The van der Waals surface area contributed by atoms with E-state index in [2.05, 4.69) is 15.4 Å². The van der Waals surface area contributed by atoms with E-state index in [0.717, 1.165) is 11.3 Å². The second kappa shape index (κ2) is 7.66. The zero-order valence-corrected chi connectivity index (χ0v) is 17.4. The smallest absolute Gasteiger partial charge is 0.265 e. The Bertz CT molecular complexity index is 1380. The van der Waals surface area contributed by atoms with E-state index in [9.17, 15) is 14.0 Å². The summed E-state index contributed by atoms with van der Waals surface area (Å²) < 4.78 is 17.0. The third-order valence-electron chi connectivity index (χ3n) is 5.19. The predicted octanol–water partition coefficient (Wildman–Crippen LogP) is 3.71. The molecule has 7 nitrogen and oxygen atoms in total. The molecule has 0 spiro atoms. The number of hydrogen-bond acceptors (Lipinski definition) is 5. The van der Waals surface area contributed by atoms with Crippen molar-refractivity contribution in [1.82, 2.24) is 19.3 Å². The van der Waals surface area contributed by atoms with Gasteiger partial charge in [0.1, 0.15) is 11.2 Å².